The molecule has 3 aromatic rings. The molecule has 0 aliphatic heterocycles. The van der Waals surface area contributed by atoms with Gasteiger partial charge in [-0.3, -0.25) is 10.2 Å². The van der Waals surface area contributed by atoms with Crippen molar-refractivity contribution in [1.29, 1.82) is 5.26 Å². The summed E-state index contributed by atoms with van der Waals surface area (Å²) >= 11 is 1.38. The highest BCUT2D eigenvalue weighted by Gasteiger charge is 2.11. The highest BCUT2D eigenvalue weighted by molar-refractivity contribution is 7.10. The lowest BCUT2D eigenvalue weighted by Crippen LogP contribution is -2.34. The molecule has 7 heteroatoms. The van der Waals surface area contributed by atoms with E-state index in [-0.39, 0.29) is 5.91 Å². The second kappa shape index (κ2) is 7.47. The molecule has 3 rings (SSSR count). The summed E-state index contributed by atoms with van der Waals surface area (Å²) in [5, 5.41) is 11.7. The van der Waals surface area contributed by atoms with Gasteiger partial charge in [-0.15, -0.1) is 11.3 Å². The molecule has 124 valence electrons. The van der Waals surface area contributed by atoms with Gasteiger partial charge in [0, 0.05) is 29.7 Å². The second-order valence-corrected chi connectivity index (χ2v) is 6.03. The molecule has 0 unspecified atom stereocenters. The van der Waals surface area contributed by atoms with Crippen molar-refractivity contribution < 1.29 is 4.79 Å². The van der Waals surface area contributed by atoms with Gasteiger partial charge in [0.1, 0.15) is 16.6 Å². The number of aryl methyl sites for hydroxylation is 1. The van der Waals surface area contributed by atoms with Crippen molar-refractivity contribution in [1.82, 2.24) is 20.4 Å². The molecule has 0 spiro atoms. The summed E-state index contributed by atoms with van der Waals surface area (Å²) in [5.74, 6) is -0.298. The summed E-state index contributed by atoms with van der Waals surface area (Å²) in [6, 6.07) is 13.1. The van der Waals surface area contributed by atoms with Gasteiger partial charge in [-0.25, -0.2) is 4.98 Å². The molecule has 25 heavy (non-hydrogen) atoms. The number of hydrazine groups is 1. The van der Waals surface area contributed by atoms with Crippen LogP contribution in [0, 0.1) is 18.3 Å². The van der Waals surface area contributed by atoms with Crippen molar-refractivity contribution in [2.45, 2.75) is 6.92 Å². The summed E-state index contributed by atoms with van der Waals surface area (Å²) in [5.41, 5.74) is 7.78. The third-order valence-corrected chi connectivity index (χ3v) is 4.40. The SMILES string of the molecule is Cc1csc(/C(C#N)=C/NNC(=O)c2ccccc2-n2cccc2)n1. The number of benzene rings is 1. The Balaban J connectivity index is 1.74. The van der Waals surface area contributed by atoms with Crippen LogP contribution >= 0.6 is 11.3 Å². The van der Waals surface area contributed by atoms with E-state index in [4.69, 9.17) is 0 Å². The first-order valence-corrected chi connectivity index (χ1v) is 8.38. The number of hydrogen-bond donors (Lipinski definition) is 2. The first-order valence-electron chi connectivity index (χ1n) is 7.50. The molecule has 1 aromatic carbocycles. The highest BCUT2D eigenvalue weighted by Crippen LogP contribution is 2.18. The van der Waals surface area contributed by atoms with Crippen molar-refractivity contribution >= 4 is 22.8 Å². The third-order valence-electron chi connectivity index (χ3n) is 3.40. The van der Waals surface area contributed by atoms with Crippen LogP contribution in [0.5, 0.6) is 0 Å². The standard InChI is InChI=1S/C18H15N5OS/c1-13-12-25-18(21-13)14(10-19)11-20-22-17(24)15-6-2-3-7-16(15)23-8-4-5-9-23/h2-9,11-12,20H,1H3,(H,22,24)/b14-11+. The van der Waals surface area contributed by atoms with E-state index < -0.39 is 0 Å². The number of para-hydroxylation sites is 1. The van der Waals surface area contributed by atoms with Crippen molar-refractivity contribution in [3.63, 3.8) is 0 Å². The van der Waals surface area contributed by atoms with E-state index in [9.17, 15) is 10.1 Å². The lowest BCUT2D eigenvalue weighted by Gasteiger charge is -2.11. The van der Waals surface area contributed by atoms with Gasteiger partial charge in [0.05, 0.1) is 11.3 Å². The average molecular weight is 349 g/mol. The number of nitriles is 1. The average Bonchev–Trinajstić information content (AvgIpc) is 3.30. The monoisotopic (exact) mass is 349 g/mol. The molecule has 0 atom stereocenters. The number of nitrogens with one attached hydrogen (secondary N) is 2. The minimum Gasteiger partial charge on any atom is -0.323 e. The summed E-state index contributed by atoms with van der Waals surface area (Å²) in [6.07, 6.45) is 5.19. The molecule has 0 fully saturated rings. The molecular weight excluding hydrogens is 334 g/mol. The Bertz CT molecular complexity index is 950. The number of nitrogens with zero attached hydrogens (tertiary/aromatic N) is 3. The van der Waals surface area contributed by atoms with Gasteiger partial charge in [-0.05, 0) is 31.2 Å². The van der Waals surface area contributed by atoms with Crippen LogP contribution in [0.25, 0.3) is 11.3 Å². The van der Waals surface area contributed by atoms with E-state index in [1.807, 2.05) is 53.5 Å². The third kappa shape index (κ3) is 3.76. The highest BCUT2D eigenvalue weighted by atomic mass is 32.1. The zero-order valence-electron chi connectivity index (χ0n) is 13.4. The van der Waals surface area contributed by atoms with Gasteiger partial charge in [0.2, 0.25) is 0 Å². The number of rotatable bonds is 5. The molecule has 2 heterocycles. The van der Waals surface area contributed by atoms with Crippen LogP contribution in [-0.2, 0) is 0 Å². The summed E-state index contributed by atoms with van der Waals surface area (Å²) in [4.78, 5) is 16.7. The largest absolute Gasteiger partial charge is 0.323 e. The number of thiazole rings is 1. The fourth-order valence-corrected chi connectivity index (χ4v) is 3.01. The van der Waals surface area contributed by atoms with Crippen LogP contribution in [0.3, 0.4) is 0 Å². The Hall–Kier alpha value is -3.37. The molecule has 0 aliphatic rings. The fraction of sp³-hybridized carbons (Fsp3) is 0.0556. The molecule has 1 amide bonds. The van der Waals surface area contributed by atoms with Gasteiger partial charge in [-0.2, -0.15) is 5.26 Å². The first-order chi connectivity index (χ1) is 12.2. The van der Waals surface area contributed by atoms with Crippen LogP contribution in [0.2, 0.25) is 0 Å². The lowest BCUT2D eigenvalue weighted by atomic mass is 10.1. The number of carbonyl (C=O) groups excluding carboxylic acids is 1. The van der Waals surface area contributed by atoms with Crippen LogP contribution in [-0.4, -0.2) is 15.5 Å². The molecule has 0 saturated heterocycles. The minimum atomic E-state index is -0.298. The molecule has 2 aromatic heterocycles. The Morgan fingerprint density at radius 1 is 1.28 bits per heavy atom. The molecule has 0 saturated carbocycles. The van der Waals surface area contributed by atoms with E-state index in [0.29, 0.717) is 16.1 Å². The molecular formula is C18H15N5OS. The summed E-state index contributed by atoms with van der Waals surface area (Å²) < 4.78 is 1.86. The van der Waals surface area contributed by atoms with E-state index >= 15 is 0 Å². The summed E-state index contributed by atoms with van der Waals surface area (Å²) in [7, 11) is 0. The van der Waals surface area contributed by atoms with E-state index in [1.165, 1.54) is 17.5 Å². The van der Waals surface area contributed by atoms with E-state index in [1.54, 1.807) is 12.1 Å². The van der Waals surface area contributed by atoms with Crippen LogP contribution in [0.1, 0.15) is 21.1 Å². The van der Waals surface area contributed by atoms with Crippen molar-refractivity contribution in [2.24, 2.45) is 0 Å². The first kappa shape index (κ1) is 16.5. The van der Waals surface area contributed by atoms with Gasteiger partial charge >= 0.3 is 0 Å². The normalized spacial score (nSPS) is 11.0. The lowest BCUT2D eigenvalue weighted by molar-refractivity contribution is 0.0941. The maximum Gasteiger partial charge on any atom is 0.271 e. The molecule has 2 N–H and O–H groups in total. The smallest absolute Gasteiger partial charge is 0.271 e. The number of carbonyl (C=O) groups is 1. The molecule has 0 aliphatic carbocycles. The second-order valence-electron chi connectivity index (χ2n) is 5.17. The molecule has 0 bridgehead atoms. The van der Waals surface area contributed by atoms with Crippen LogP contribution in [0.15, 0.2) is 60.4 Å². The molecule has 6 nitrogen and oxygen atoms in total. The number of allylic oxidation sites excluding steroid dienone is 1. The maximum absolute atomic E-state index is 12.5. The zero-order chi connectivity index (χ0) is 17.6. The number of amides is 1. The fourth-order valence-electron chi connectivity index (χ4n) is 2.25. The topological polar surface area (TPSA) is 82.7 Å². The predicted molar refractivity (Wildman–Crippen MR) is 96.8 cm³/mol. The van der Waals surface area contributed by atoms with Crippen molar-refractivity contribution in [2.75, 3.05) is 0 Å². The maximum atomic E-state index is 12.5. The Morgan fingerprint density at radius 3 is 2.72 bits per heavy atom. The minimum absolute atomic E-state index is 0.298. The van der Waals surface area contributed by atoms with Crippen LogP contribution < -0.4 is 10.9 Å². The molecule has 0 radical (unpaired) electrons. The van der Waals surface area contributed by atoms with Gasteiger partial charge < -0.3 is 9.99 Å². The van der Waals surface area contributed by atoms with Crippen molar-refractivity contribution in [3.05, 3.63) is 76.6 Å². The Morgan fingerprint density at radius 2 is 2.04 bits per heavy atom. The Kier molecular flexibility index (Phi) is 4.92. The van der Waals surface area contributed by atoms with Crippen LogP contribution in [0.4, 0.5) is 0 Å². The van der Waals surface area contributed by atoms with E-state index in [2.05, 4.69) is 21.9 Å². The summed E-state index contributed by atoms with van der Waals surface area (Å²) in [6.45, 7) is 1.86. The number of hydrogen-bond acceptors (Lipinski definition) is 5. The Labute approximate surface area is 149 Å². The number of aromatic nitrogens is 2. The van der Waals surface area contributed by atoms with Gasteiger partial charge in [0.15, 0.2) is 0 Å². The predicted octanol–water partition coefficient (Wildman–Crippen LogP) is 3.04. The van der Waals surface area contributed by atoms with Gasteiger partial charge in [0.25, 0.3) is 5.91 Å². The van der Waals surface area contributed by atoms with Gasteiger partial charge in [-0.1, -0.05) is 12.1 Å². The quantitative estimate of drug-likeness (QED) is 0.548. The van der Waals surface area contributed by atoms with Crippen molar-refractivity contribution in [3.8, 4) is 11.8 Å². The zero-order valence-corrected chi connectivity index (χ0v) is 14.2. The van der Waals surface area contributed by atoms with E-state index in [0.717, 1.165) is 11.4 Å².